The number of carbonyl (C=O) groups is 2. The molecule has 0 spiro atoms. The Morgan fingerprint density at radius 3 is 2.41 bits per heavy atom. The third-order valence-electron chi connectivity index (χ3n) is 4.92. The number of hydrogen-bond acceptors (Lipinski definition) is 5. The van der Waals surface area contributed by atoms with Gasteiger partial charge in [0.1, 0.15) is 17.6 Å². The predicted octanol–water partition coefficient (Wildman–Crippen LogP) is 4.24. The standard InChI is InChI=1S/C24H22ClN3O4/c1-16-17(2)28(13-18-6-4-3-5-7-18)24(21(16)12-26)27-22(29)14-32-23(30)15-31-20-10-8-19(25)9-11-20/h3-11H,13-15H2,1-2H3,(H,27,29). The number of rotatable bonds is 8. The molecule has 0 fully saturated rings. The molecule has 0 atom stereocenters. The van der Waals surface area contributed by atoms with Crippen molar-refractivity contribution in [2.45, 2.75) is 20.4 Å². The number of amides is 1. The van der Waals surface area contributed by atoms with Crippen LogP contribution in [0.4, 0.5) is 5.82 Å². The molecule has 0 saturated heterocycles. The number of hydrogen-bond donors (Lipinski definition) is 1. The Kier molecular flexibility index (Phi) is 7.53. The fourth-order valence-corrected chi connectivity index (χ4v) is 3.25. The maximum Gasteiger partial charge on any atom is 0.344 e. The Hall–Kier alpha value is -3.76. The van der Waals surface area contributed by atoms with E-state index in [1.807, 2.05) is 48.7 Å². The maximum atomic E-state index is 12.5. The number of aromatic nitrogens is 1. The van der Waals surface area contributed by atoms with Crippen LogP contribution in [0.15, 0.2) is 54.6 Å². The minimum Gasteiger partial charge on any atom is -0.482 e. The zero-order valence-corrected chi connectivity index (χ0v) is 18.5. The van der Waals surface area contributed by atoms with Gasteiger partial charge < -0.3 is 19.4 Å². The summed E-state index contributed by atoms with van der Waals surface area (Å²) in [5.41, 5.74) is 3.06. The van der Waals surface area contributed by atoms with Gasteiger partial charge in [-0.05, 0) is 49.2 Å². The highest BCUT2D eigenvalue weighted by Gasteiger charge is 2.20. The van der Waals surface area contributed by atoms with E-state index < -0.39 is 18.5 Å². The molecule has 1 aromatic heterocycles. The topological polar surface area (TPSA) is 93.3 Å². The summed E-state index contributed by atoms with van der Waals surface area (Å²) < 4.78 is 12.2. The van der Waals surface area contributed by atoms with Gasteiger partial charge in [0.2, 0.25) is 0 Å². The molecular formula is C24H22ClN3O4. The fourth-order valence-electron chi connectivity index (χ4n) is 3.12. The van der Waals surface area contributed by atoms with Crippen molar-refractivity contribution in [1.29, 1.82) is 5.26 Å². The second-order valence-electron chi connectivity index (χ2n) is 7.07. The molecule has 3 aromatic rings. The Balaban J connectivity index is 1.62. The van der Waals surface area contributed by atoms with Crippen molar-refractivity contribution in [3.8, 4) is 11.8 Å². The number of halogens is 1. The molecule has 8 heteroatoms. The lowest BCUT2D eigenvalue weighted by molar-refractivity contribution is -0.149. The lowest BCUT2D eigenvalue weighted by Gasteiger charge is -2.13. The number of nitrogens with zero attached hydrogens (tertiary/aromatic N) is 2. The summed E-state index contributed by atoms with van der Waals surface area (Å²) in [4.78, 5) is 24.4. The monoisotopic (exact) mass is 451 g/mol. The van der Waals surface area contributed by atoms with Crippen molar-refractivity contribution in [3.63, 3.8) is 0 Å². The van der Waals surface area contributed by atoms with Crippen LogP contribution in [0.5, 0.6) is 5.75 Å². The van der Waals surface area contributed by atoms with Gasteiger partial charge in [0.15, 0.2) is 13.2 Å². The number of nitrogens with one attached hydrogen (secondary N) is 1. The van der Waals surface area contributed by atoms with Gasteiger partial charge in [-0.2, -0.15) is 5.26 Å². The highest BCUT2D eigenvalue weighted by atomic mass is 35.5. The minimum atomic E-state index is -0.692. The molecule has 2 aromatic carbocycles. The van der Waals surface area contributed by atoms with Crippen LogP contribution in [-0.2, 0) is 20.9 Å². The minimum absolute atomic E-state index is 0.346. The van der Waals surface area contributed by atoms with Gasteiger partial charge in [-0.15, -0.1) is 0 Å². The lowest BCUT2D eigenvalue weighted by Crippen LogP contribution is -2.25. The fraction of sp³-hybridized carbons (Fsp3) is 0.208. The molecule has 0 aliphatic heterocycles. The average molecular weight is 452 g/mol. The van der Waals surface area contributed by atoms with Crippen LogP contribution >= 0.6 is 11.6 Å². The molecule has 7 nitrogen and oxygen atoms in total. The third kappa shape index (κ3) is 5.68. The number of esters is 1. The Bertz CT molecular complexity index is 1150. The maximum absolute atomic E-state index is 12.5. The zero-order valence-electron chi connectivity index (χ0n) is 17.7. The SMILES string of the molecule is Cc1c(C#N)c(NC(=O)COC(=O)COc2ccc(Cl)cc2)n(Cc2ccccc2)c1C. The van der Waals surface area contributed by atoms with Gasteiger partial charge in [0, 0.05) is 17.3 Å². The van der Waals surface area contributed by atoms with Gasteiger partial charge in [0.05, 0.1) is 5.56 Å². The highest BCUT2D eigenvalue weighted by Crippen LogP contribution is 2.27. The van der Waals surface area contributed by atoms with E-state index in [0.717, 1.165) is 16.8 Å². The normalized spacial score (nSPS) is 10.3. The Labute approximate surface area is 191 Å². The van der Waals surface area contributed by atoms with Crippen molar-refractivity contribution in [2.24, 2.45) is 0 Å². The molecule has 0 aliphatic carbocycles. The summed E-state index contributed by atoms with van der Waals surface area (Å²) in [6, 6.07) is 18.4. The van der Waals surface area contributed by atoms with Crippen LogP contribution in [0.25, 0.3) is 0 Å². The van der Waals surface area contributed by atoms with E-state index in [4.69, 9.17) is 21.1 Å². The first-order chi connectivity index (χ1) is 15.4. The van der Waals surface area contributed by atoms with Crippen molar-refractivity contribution >= 4 is 29.3 Å². The van der Waals surface area contributed by atoms with Crippen molar-refractivity contribution in [3.05, 3.63) is 82.0 Å². The predicted molar refractivity (Wildman–Crippen MR) is 121 cm³/mol. The first-order valence-corrected chi connectivity index (χ1v) is 10.2. The molecular weight excluding hydrogens is 430 g/mol. The summed E-state index contributed by atoms with van der Waals surface area (Å²) in [6.45, 7) is 3.37. The Morgan fingerprint density at radius 2 is 1.75 bits per heavy atom. The molecule has 32 heavy (non-hydrogen) atoms. The number of anilines is 1. The van der Waals surface area contributed by atoms with Crippen LogP contribution in [0, 0.1) is 25.2 Å². The van der Waals surface area contributed by atoms with E-state index in [2.05, 4.69) is 11.4 Å². The van der Waals surface area contributed by atoms with Crippen molar-refractivity contribution < 1.29 is 19.1 Å². The summed E-state index contributed by atoms with van der Waals surface area (Å²) >= 11 is 5.80. The van der Waals surface area contributed by atoms with Gasteiger partial charge in [0.25, 0.3) is 5.91 Å². The molecule has 1 N–H and O–H groups in total. The van der Waals surface area contributed by atoms with E-state index in [1.54, 1.807) is 24.3 Å². The number of ether oxygens (including phenoxy) is 2. The van der Waals surface area contributed by atoms with Crippen LogP contribution in [0.3, 0.4) is 0 Å². The van der Waals surface area contributed by atoms with Gasteiger partial charge in [-0.1, -0.05) is 41.9 Å². The molecule has 1 heterocycles. The molecule has 0 radical (unpaired) electrons. The molecule has 0 saturated carbocycles. The van der Waals surface area contributed by atoms with E-state index in [-0.39, 0.29) is 6.61 Å². The largest absolute Gasteiger partial charge is 0.482 e. The summed E-state index contributed by atoms with van der Waals surface area (Å²) in [6.07, 6.45) is 0. The molecule has 164 valence electrons. The first kappa shape index (κ1) is 22.9. The highest BCUT2D eigenvalue weighted by molar-refractivity contribution is 6.30. The van der Waals surface area contributed by atoms with Gasteiger partial charge in [-0.25, -0.2) is 4.79 Å². The smallest absolute Gasteiger partial charge is 0.344 e. The molecule has 1 amide bonds. The molecule has 0 aliphatic rings. The van der Waals surface area contributed by atoms with Crippen LogP contribution < -0.4 is 10.1 Å². The second-order valence-corrected chi connectivity index (χ2v) is 7.51. The zero-order chi connectivity index (χ0) is 23.1. The van der Waals surface area contributed by atoms with E-state index in [1.165, 1.54) is 0 Å². The number of carbonyl (C=O) groups excluding carboxylic acids is 2. The first-order valence-electron chi connectivity index (χ1n) is 9.86. The lowest BCUT2D eigenvalue weighted by atomic mass is 10.2. The van der Waals surface area contributed by atoms with Crippen molar-refractivity contribution in [2.75, 3.05) is 18.5 Å². The summed E-state index contributed by atoms with van der Waals surface area (Å²) in [5, 5.41) is 12.9. The van der Waals surface area contributed by atoms with E-state index in [0.29, 0.717) is 28.7 Å². The quantitative estimate of drug-likeness (QED) is 0.517. The van der Waals surface area contributed by atoms with Crippen LogP contribution in [0.1, 0.15) is 22.4 Å². The molecule has 0 bridgehead atoms. The number of nitriles is 1. The summed E-state index contributed by atoms with van der Waals surface area (Å²) in [7, 11) is 0. The third-order valence-corrected chi connectivity index (χ3v) is 5.17. The Morgan fingerprint density at radius 1 is 1.06 bits per heavy atom. The van der Waals surface area contributed by atoms with E-state index >= 15 is 0 Å². The van der Waals surface area contributed by atoms with E-state index in [9.17, 15) is 14.9 Å². The number of benzene rings is 2. The van der Waals surface area contributed by atoms with Crippen LogP contribution in [-0.4, -0.2) is 29.7 Å². The van der Waals surface area contributed by atoms with Gasteiger partial charge in [-0.3, -0.25) is 4.79 Å². The van der Waals surface area contributed by atoms with Gasteiger partial charge >= 0.3 is 5.97 Å². The second kappa shape index (κ2) is 10.5. The molecule has 3 rings (SSSR count). The molecule has 0 unspecified atom stereocenters. The van der Waals surface area contributed by atoms with Crippen molar-refractivity contribution in [1.82, 2.24) is 4.57 Å². The summed E-state index contributed by atoms with van der Waals surface area (Å²) in [5.74, 6) is -0.403. The average Bonchev–Trinajstić information content (AvgIpc) is 3.01. The van der Waals surface area contributed by atoms with Crippen LogP contribution in [0.2, 0.25) is 5.02 Å².